The molecule has 7 heteroatoms. The number of carbonyl (C=O) groups excluding carboxylic acids is 1. The SMILES string of the molecule is O=C(NC(Cc1cnc[nH]1)C(=O)O)c1ccccc1I. The lowest BCUT2D eigenvalue weighted by atomic mass is 10.1. The van der Waals surface area contributed by atoms with E-state index in [4.69, 9.17) is 0 Å². The molecule has 3 N–H and O–H groups in total. The molecule has 1 unspecified atom stereocenters. The Kier molecular flexibility index (Phi) is 4.72. The number of carboxylic acids is 1. The number of halogens is 1. The lowest BCUT2D eigenvalue weighted by Gasteiger charge is -2.14. The van der Waals surface area contributed by atoms with Gasteiger partial charge in [-0.25, -0.2) is 9.78 Å². The van der Waals surface area contributed by atoms with Crippen molar-refractivity contribution < 1.29 is 14.7 Å². The van der Waals surface area contributed by atoms with E-state index in [2.05, 4.69) is 15.3 Å². The minimum Gasteiger partial charge on any atom is -0.480 e. The summed E-state index contributed by atoms with van der Waals surface area (Å²) in [4.78, 5) is 30.0. The molecule has 2 aromatic rings. The summed E-state index contributed by atoms with van der Waals surface area (Å²) in [6.07, 6.45) is 3.16. The van der Waals surface area contributed by atoms with Gasteiger partial charge in [0.25, 0.3) is 5.91 Å². The van der Waals surface area contributed by atoms with Gasteiger partial charge in [0.05, 0.1) is 11.9 Å². The van der Waals surface area contributed by atoms with E-state index in [9.17, 15) is 14.7 Å². The molecule has 104 valence electrons. The molecule has 1 heterocycles. The number of aromatic nitrogens is 2. The van der Waals surface area contributed by atoms with Crippen molar-refractivity contribution in [1.82, 2.24) is 15.3 Å². The number of aliphatic carboxylic acids is 1. The van der Waals surface area contributed by atoms with E-state index < -0.39 is 17.9 Å². The zero-order valence-electron chi connectivity index (χ0n) is 10.3. The second-order valence-electron chi connectivity index (χ2n) is 4.13. The number of benzene rings is 1. The number of imidazole rings is 1. The minimum absolute atomic E-state index is 0.157. The van der Waals surface area contributed by atoms with Gasteiger partial charge >= 0.3 is 5.97 Å². The summed E-state index contributed by atoms with van der Waals surface area (Å²) in [5.41, 5.74) is 1.12. The molecule has 0 aliphatic rings. The fourth-order valence-electron chi connectivity index (χ4n) is 1.70. The molecule has 1 aromatic heterocycles. The van der Waals surface area contributed by atoms with Gasteiger partial charge in [0, 0.05) is 21.9 Å². The van der Waals surface area contributed by atoms with Crippen LogP contribution in [0, 0.1) is 3.57 Å². The average Bonchev–Trinajstić information content (AvgIpc) is 2.91. The summed E-state index contributed by atoms with van der Waals surface area (Å²) in [7, 11) is 0. The molecule has 2 rings (SSSR count). The van der Waals surface area contributed by atoms with E-state index >= 15 is 0 Å². The van der Waals surface area contributed by atoms with Crippen molar-refractivity contribution in [3.05, 3.63) is 51.6 Å². The molecule has 20 heavy (non-hydrogen) atoms. The number of hydrogen-bond donors (Lipinski definition) is 3. The number of carbonyl (C=O) groups is 2. The number of nitrogens with zero attached hydrogens (tertiary/aromatic N) is 1. The molecule has 0 aliphatic carbocycles. The van der Waals surface area contributed by atoms with E-state index in [0.29, 0.717) is 11.3 Å². The molecule has 0 saturated heterocycles. The maximum atomic E-state index is 12.1. The van der Waals surface area contributed by atoms with E-state index in [1.165, 1.54) is 12.5 Å². The zero-order valence-corrected chi connectivity index (χ0v) is 12.5. The lowest BCUT2D eigenvalue weighted by Crippen LogP contribution is -2.42. The minimum atomic E-state index is -1.08. The first-order chi connectivity index (χ1) is 9.58. The van der Waals surface area contributed by atoms with E-state index in [-0.39, 0.29) is 6.42 Å². The molecular weight excluding hydrogens is 373 g/mol. The van der Waals surface area contributed by atoms with Gasteiger partial charge in [-0.2, -0.15) is 0 Å². The first-order valence-electron chi connectivity index (χ1n) is 5.83. The summed E-state index contributed by atoms with van der Waals surface area (Å²) < 4.78 is 0.772. The molecule has 1 amide bonds. The van der Waals surface area contributed by atoms with Gasteiger partial charge < -0.3 is 15.4 Å². The maximum Gasteiger partial charge on any atom is 0.326 e. The lowest BCUT2D eigenvalue weighted by molar-refractivity contribution is -0.139. The quantitative estimate of drug-likeness (QED) is 0.679. The number of aromatic amines is 1. The standard InChI is InChI=1S/C13H12IN3O3/c14-10-4-2-1-3-9(10)12(18)17-11(13(19)20)5-8-6-15-7-16-8/h1-4,6-7,11H,5H2,(H,15,16)(H,17,18)(H,19,20). The molecule has 0 radical (unpaired) electrons. The van der Waals surface area contributed by atoms with Gasteiger partial charge in [-0.3, -0.25) is 4.79 Å². The Bertz CT molecular complexity index is 613. The van der Waals surface area contributed by atoms with Gasteiger partial charge in [0.15, 0.2) is 0 Å². The van der Waals surface area contributed by atoms with Crippen LogP contribution in [0.3, 0.4) is 0 Å². The second-order valence-corrected chi connectivity index (χ2v) is 5.29. The highest BCUT2D eigenvalue weighted by molar-refractivity contribution is 14.1. The van der Waals surface area contributed by atoms with Crippen molar-refractivity contribution in [1.29, 1.82) is 0 Å². The van der Waals surface area contributed by atoms with Crippen molar-refractivity contribution in [3.63, 3.8) is 0 Å². The van der Waals surface area contributed by atoms with Crippen LogP contribution in [0.15, 0.2) is 36.8 Å². The number of carboxylic acid groups (broad SMARTS) is 1. The molecular formula is C13H12IN3O3. The van der Waals surface area contributed by atoms with Crippen LogP contribution < -0.4 is 5.32 Å². The monoisotopic (exact) mass is 385 g/mol. The Labute approximate surface area is 128 Å². The highest BCUT2D eigenvalue weighted by Crippen LogP contribution is 2.11. The van der Waals surface area contributed by atoms with Crippen LogP contribution >= 0.6 is 22.6 Å². The fourth-order valence-corrected chi connectivity index (χ4v) is 2.33. The fraction of sp³-hybridized carbons (Fsp3) is 0.154. The van der Waals surface area contributed by atoms with Gasteiger partial charge in [-0.15, -0.1) is 0 Å². The Morgan fingerprint density at radius 1 is 1.40 bits per heavy atom. The largest absolute Gasteiger partial charge is 0.480 e. The highest BCUT2D eigenvalue weighted by Gasteiger charge is 2.22. The Morgan fingerprint density at radius 2 is 2.15 bits per heavy atom. The summed E-state index contributed by atoms with van der Waals surface area (Å²) in [5, 5.41) is 11.7. The Morgan fingerprint density at radius 3 is 2.75 bits per heavy atom. The van der Waals surface area contributed by atoms with Crippen molar-refractivity contribution in [2.45, 2.75) is 12.5 Å². The van der Waals surface area contributed by atoms with Crippen LogP contribution in [-0.2, 0) is 11.2 Å². The third-order valence-electron chi connectivity index (χ3n) is 2.70. The topological polar surface area (TPSA) is 95.1 Å². The number of amides is 1. The maximum absolute atomic E-state index is 12.1. The smallest absolute Gasteiger partial charge is 0.326 e. The molecule has 1 atom stereocenters. The van der Waals surface area contributed by atoms with Crippen LogP contribution in [-0.4, -0.2) is 33.0 Å². The van der Waals surface area contributed by atoms with Crippen molar-refractivity contribution in [2.75, 3.05) is 0 Å². The predicted octanol–water partition coefficient (Wildman–Crippen LogP) is 1.44. The normalized spacial score (nSPS) is 11.8. The third kappa shape index (κ3) is 3.56. The van der Waals surface area contributed by atoms with Crippen LogP contribution in [0.5, 0.6) is 0 Å². The molecule has 6 nitrogen and oxygen atoms in total. The van der Waals surface area contributed by atoms with Gasteiger partial charge in [-0.1, -0.05) is 12.1 Å². The second kappa shape index (κ2) is 6.51. The van der Waals surface area contributed by atoms with E-state index in [0.717, 1.165) is 3.57 Å². The zero-order chi connectivity index (χ0) is 14.5. The number of hydrogen-bond acceptors (Lipinski definition) is 3. The molecule has 0 aliphatic heterocycles. The van der Waals surface area contributed by atoms with Gasteiger partial charge in [0.2, 0.25) is 0 Å². The van der Waals surface area contributed by atoms with Crippen LogP contribution in [0.25, 0.3) is 0 Å². The average molecular weight is 385 g/mol. The number of H-pyrrole nitrogens is 1. The Balaban J connectivity index is 2.10. The summed E-state index contributed by atoms with van der Waals surface area (Å²) >= 11 is 2.04. The van der Waals surface area contributed by atoms with Crippen molar-refractivity contribution in [3.8, 4) is 0 Å². The molecule has 0 fully saturated rings. The third-order valence-corrected chi connectivity index (χ3v) is 3.64. The first-order valence-corrected chi connectivity index (χ1v) is 6.91. The van der Waals surface area contributed by atoms with Crippen molar-refractivity contribution >= 4 is 34.5 Å². The van der Waals surface area contributed by atoms with Crippen molar-refractivity contribution in [2.24, 2.45) is 0 Å². The van der Waals surface area contributed by atoms with Crippen LogP contribution in [0.1, 0.15) is 16.1 Å². The van der Waals surface area contributed by atoms with Crippen LogP contribution in [0.4, 0.5) is 0 Å². The summed E-state index contributed by atoms with van der Waals surface area (Å²) in [6.45, 7) is 0. The summed E-state index contributed by atoms with van der Waals surface area (Å²) in [5.74, 6) is -1.49. The highest BCUT2D eigenvalue weighted by atomic mass is 127. The van der Waals surface area contributed by atoms with E-state index in [1.807, 2.05) is 28.7 Å². The molecule has 0 saturated carbocycles. The molecule has 1 aromatic carbocycles. The Hall–Kier alpha value is -1.90. The van der Waals surface area contributed by atoms with Gasteiger partial charge in [0.1, 0.15) is 6.04 Å². The molecule has 0 bridgehead atoms. The predicted molar refractivity (Wildman–Crippen MR) is 80.3 cm³/mol. The number of rotatable bonds is 5. The first kappa shape index (κ1) is 14.5. The van der Waals surface area contributed by atoms with Gasteiger partial charge in [-0.05, 0) is 34.7 Å². The summed E-state index contributed by atoms with van der Waals surface area (Å²) in [6, 6.07) is 6.00. The van der Waals surface area contributed by atoms with Crippen LogP contribution in [0.2, 0.25) is 0 Å². The van der Waals surface area contributed by atoms with E-state index in [1.54, 1.807) is 18.2 Å². The number of nitrogens with one attached hydrogen (secondary N) is 2. The molecule has 0 spiro atoms.